The van der Waals surface area contributed by atoms with E-state index in [4.69, 9.17) is 11.6 Å². The van der Waals surface area contributed by atoms with Crippen molar-refractivity contribution in [2.45, 2.75) is 13.8 Å². The van der Waals surface area contributed by atoms with E-state index in [1.54, 1.807) is 18.2 Å². The number of halogens is 1. The summed E-state index contributed by atoms with van der Waals surface area (Å²) in [5, 5.41) is 0.604. The van der Waals surface area contributed by atoms with Crippen LogP contribution in [0.4, 0.5) is 5.69 Å². The molecule has 0 unspecified atom stereocenters. The van der Waals surface area contributed by atoms with Gasteiger partial charge in [0.05, 0.1) is 10.7 Å². The predicted molar refractivity (Wildman–Crippen MR) is 69.5 cm³/mol. The van der Waals surface area contributed by atoms with Gasteiger partial charge in [-0.25, -0.2) is 0 Å². The Balaban J connectivity index is 3.17. The molecule has 86 valence electrons. The van der Waals surface area contributed by atoms with E-state index >= 15 is 0 Å². The van der Waals surface area contributed by atoms with E-state index in [0.717, 1.165) is 24.1 Å². The van der Waals surface area contributed by atoms with Crippen LogP contribution in [0.2, 0.25) is 5.02 Å². The number of carbonyl (C=O) groups is 1. The molecular formula is C13H16ClNO. The fourth-order valence-electron chi connectivity index (χ4n) is 1.64. The van der Waals surface area contributed by atoms with Crippen molar-refractivity contribution in [2.24, 2.45) is 0 Å². The van der Waals surface area contributed by atoms with Crippen LogP contribution in [0.3, 0.4) is 0 Å². The van der Waals surface area contributed by atoms with Gasteiger partial charge in [-0.3, -0.25) is 4.79 Å². The van der Waals surface area contributed by atoms with Crippen molar-refractivity contribution in [3.8, 4) is 0 Å². The minimum absolute atomic E-state index is 0.604. The largest absolute Gasteiger partial charge is 0.366 e. The summed E-state index contributed by atoms with van der Waals surface area (Å²) in [7, 11) is 0. The number of para-hydroxylation sites is 1. The Kier molecular flexibility index (Phi) is 4.56. The van der Waals surface area contributed by atoms with Gasteiger partial charge in [0, 0.05) is 18.7 Å². The van der Waals surface area contributed by atoms with Crippen molar-refractivity contribution >= 4 is 23.6 Å². The molecule has 1 rings (SSSR count). The molecule has 3 heteroatoms. The van der Waals surface area contributed by atoms with Crippen LogP contribution >= 0.6 is 11.6 Å². The molecule has 16 heavy (non-hydrogen) atoms. The Bertz CT molecular complexity index is 401. The van der Waals surface area contributed by atoms with E-state index in [9.17, 15) is 4.79 Å². The zero-order valence-electron chi connectivity index (χ0n) is 9.66. The van der Waals surface area contributed by atoms with Crippen LogP contribution in [0.5, 0.6) is 0 Å². The second-order valence-electron chi connectivity index (χ2n) is 3.77. The fraction of sp³-hybridized carbons (Fsp3) is 0.308. The van der Waals surface area contributed by atoms with Crippen LogP contribution in [0.1, 0.15) is 24.2 Å². The number of hydrogen-bond acceptors (Lipinski definition) is 2. The van der Waals surface area contributed by atoms with Crippen molar-refractivity contribution in [2.75, 3.05) is 18.0 Å². The van der Waals surface area contributed by atoms with Gasteiger partial charge in [-0.05, 0) is 26.0 Å². The third-order valence-electron chi connectivity index (χ3n) is 2.30. The number of aldehydes is 1. The lowest BCUT2D eigenvalue weighted by molar-refractivity contribution is 0.112. The first-order chi connectivity index (χ1) is 7.60. The highest BCUT2D eigenvalue weighted by molar-refractivity contribution is 6.33. The van der Waals surface area contributed by atoms with Crippen LogP contribution in [0.25, 0.3) is 0 Å². The zero-order valence-corrected chi connectivity index (χ0v) is 10.4. The Morgan fingerprint density at radius 3 is 2.75 bits per heavy atom. The predicted octanol–water partition coefficient (Wildman–Crippen LogP) is 3.55. The molecule has 0 bridgehead atoms. The Morgan fingerprint density at radius 1 is 1.56 bits per heavy atom. The quantitative estimate of drug-likeness (QED) is 0.577. The van der Waals surface area contributed by atoms with E-state index in [1.165, 1.54) is 0 Å². The fourth-order valence-corrected chi connectivity index (χ4v) is 1.94. The van der Waals surface area contributed by atoms with Crippen LogP contribution in [0.15, 0.2) is 30.4 Å². The average Bonchev–Trinajstić information content (AvgIpc) is 2.25. The van der Waals surface area contributed by atoms with E-state index in [1.807, 2.05) is 13.8 Å². The first kappa shape index (κ1) is 12.8. The molecular weight excluding hydrogens is 222 g/mol. The van der Waals surface area contributed by atoms with E-state index in [-0.39, 0.29) is 0 Å². The van der Waals surface area contributed by atoms with Gasteiger partial charge < -0.3 is 4.90 Å². The summed E-state index contributed by atoms with van der Waals surface area (Å²) in [5.74, 6) is 0. The van der Waals surface area contributed by atoms with E-state index < -0.39 is 0 Å². The van der Waals surface area contributed by atoms with E-state index in [2.05, 4.69) is 11.5 Å². The van der Waals surface area contributed by atoms with Crippen molar-refractivity contribution in [1.29, 1.82) is 0 Å². The standard InChI is InChI=1S/C13H16ClNO/c1-4-15(8-10(2)3)13-11(9-16)6-5-7-12(13)14/h5-7,9H,2,4,8H2,1,3H3. The number of hydrogen-bond donors (Lipinski definition) is 0. The Hall–Kier alpha value is -1.28. The van der Waals surface area contributed by atoms with Gasteiger partial charge in [-0.15, -0.1) is 0 Å². The molecule has 0 aliphatic carbocycles. The van der Waals surface area contributed by atoms with Gasteiger partial charge in [-0.2, -0.15) is 0 Å². The molecule has 0 aromatic heterocycles. The minimum Gasteiger partial charge on any atom is -0.366 e. The van der Waals surface area contributed by atoms with Crippen molar-refractivity contribution in [3.63, 3.8) is 0 Å². The normalized spacial score (nSPS) is 9.94. The second-order valence-corrected chi connectivity index (χ2v) is 4.17. The van der Waals surface area contributed by atoms with Crippen molar-refractivity contribution in [1.82, 2.24) is 0 Å². The molecule has 0 spiro atoms. The molecule has 0 fully saturated rings. The average molecular weight is 238 g/mol. The lowest BCUT2D eigenvalue weighted by Gasteiger charge is -2.25. The van der Waals surface area contributed by atoms with Gasteiger partial charge in [0.2, 0.25) is 0 Å². The topological polar surface area (TPSA) is 20.3 Å². The Labute approximate surface area is 102 Å². The number of anilines is 1. The summed E-state index contributed by atoms with van der Waals surface area (Å²) in [6, 6.07) is 5.35. The molecule has 0 atom stereocenters. The summed E-state index contributed by atoms with van der Waals surface area (Å²) >= 11 is 6.13. The molecule has 1 aromatic rings. The van der Waals surface area contributed by atoms with Crippen LogP contribution in [-0.4, -0.2) is 19.4 Å². The summed E-state index contributed by atoms with van der Waals surface area (Å²) in [5.41, 5.74) is 2.46. The summed E-state index contributed by atoms with van der Waals surface area (Å²) in [6.07, 6.45) is 0.836. The molecule has 0 N–H and O–H groups in total. The van der Waals surface area contributed by atoms with Gasteiger partial charge in [0.25, 0.3) is 0 Å². The molecule has 0 heterocycles. The second kappa shape index (κ2) is 5.71. The van der Waals surface area contributed by atoms with Gasteiger partial charge in [-0.1, -0.05) is 29.8 Å². The SMILES string of the molecule is C=C(C)CN(CC)c1c(Cl)cccc1C=O. The van der Waals surface area contributed by atoms with Gasteiger partial charge in [0.1, 0.15) is 0 Å². The number of likely N-dealkylation sites (N-methyl/N-ethyl adjacent to an activating group) is 1. The molecule has 0 radical (unpaired) electrons. The first-order valence-electron chi connectivity index (χ1n) is 5.23. The zero-order chi connectivity index (χ0) is 12.1. The van der Waals surface area contributed by atoms with Crippen LogP contribution in [-0.2, 0) is 0 Å². The summed E-state index contributed by atoms with van der Waals surface area (Å²) in [4.78, 5) is 13.0. The highest BCUT2D eigenvalue weighted by atomic mass is 35.5. The van der Waals surface area contributed by atoms with Gasteiger partial charge >= 0.3 is 0 Å². The number of carbonyl (C=O) groups excluding carboxylic acids is 1. The molecule has 0 saturated carbocycles. The van der Waals surface area contributed by atoms with Crippen LogP contribution < -0.4 is 4.90 Å². The first-order valence-corrected chi connectivity index (χ1v) is 5.61. The maximum atomic E-state index is 11.0. The highest BCUT2D eigenvalue weighted by Crippen LogP contribution is 2.29. The molecule has 0 amide bonds. The van der Waals surface area contributed by atoms with Crippen molar-refractivity contribution < 1.29 is 4.79 Å². The molecule has 0 saturated heterocycles. The third-order valence-corrected chi connectivity index (χ3v) is 2.61. The van der Waals surface area contributed by atoms with Crippen molar-refractivity contribution in [3.05, 3.63) is 40.9 Å². The summed E-state index contributed by atoms with van der Waals surface area (Å²) < 4.78 is 0. The molecule has 0 aliphatic rings. The lowest BCUT2D eigenvalue weighted by atomic mass is 10.1. The number of rotatable bonds is 5. The maximum absolute atomic E-state index is 11.0. The highest BCUT2D eigenvalue weighted by Gasteiger charge is 2.13. The van der Waals surface area contributed by atoms with E-state index in [0.29, 0.717) is 17.1 Å². The number of benzene rings is 1. The Morgan fingerprint density at radius 2 is 2.25 bits per heavy atom. The van der Waals surface area contributed by atoms with Gasteiger partial charge in [0.15, 0.2) is 6.29 Å². The summed E-state index contributed by atoms with van der Waals surface area (Å²) in [6.45, 7) is 9.37. The molecule has 2 nitrogen and oxygen atoms in total. The monoisotopic (exact) mass is 237 g/mol. The lowest BCUT2D eigenvalue weighted by Crippen LogP contribution is -2.25. The maximum Gasteiger partial charge on any atom is 0.152 e. The molecule has 1 aromatic carbocycles. The smallest absolute Gasteiger partial charge is 0.152 e. The number of nitrogens with zero attached hydrogens (tertiary/aromatic N) is 1. The molecule has 0 aliphatic heterocycles. The van der Waals surface area contributed by atoms with Crippen LogP contribution in [0, 0.1) is 0 Å². The minimum atomic E-state index is 0.604. The third kappa shape index (κ3) is 2.86.